The molecule has 0 unspecified atom stereocenters. The second kappa shape index (κ2) is 6.58. The van der Waals surface area contributed by atoms with E-state index in [4.69, 9.17) is 0 Å². The fourth-order valence-corrected chi connectivity index (χ4v) is 3.32. The van der Waals surface area contributed by atoms with E-state index in [2.05, 4.69) is 16.4 Å². The van der Waals surface area contributed by atoms with Crippen LogP contribution in [-0.2, 0) is 6.54 Å². The summed E-state index contributed by atoms with van der Waals surface area (Å²) in [6, 6.07) is 4.07. The van der Waals surface area contributed by atoms with Crippen LogP contribution in [0.1, 0.15) is 19.0 Å². The van der Waals surface area contributed by atoms with Gasteiger partial charge in [0.25, 0.3) is 0 Å². The van der Waals surface area contributed by atoms with E-state index in [0.29, 0.717) is 13.0 Å². The third kappa shape index (κ3) is 3.40. The Balaban J connectivity index is 2.01. The summed E-state index contributed by atoms with van der Waals surface area (Å²) < 4.78 is 0. The zero-order valence-electron chi connectivity index (χ0n) is 10.8. The number of aliphatic hydroxyl groups is 2. The van der Waals surface area contributed by atoms with Gasteiger partial charge in [-0.05, 0) is 17.9 Å². The number of hydrogen-bond donors (Lipinski definition) is 3. The molecular weight excluding hydrogens is 280 g/mol. The quantitative estimate of drug-likeness (QED) is 0.732. The average molecular weight is 298 g/mol. The number of thiophene rings is 1. The van der Waals surface area contributed by atoms with Gasteiger partial charge in [0.05, 0.1) is 29.3 Å². The molecule has 0 amide bonds. The number of hydrogen-bond acceptors (Lipinski definition) is 6. The number of aliphatic hydroxyl groups excluding tert-OH is 2. The van der Waals surface area contributed by atoms with Crippen LogP contribution in [0.2, 0.25) is 0 Å². The third-order valence-electron chi connectivity index (χ3n) is 3.21. The van der Waals surface area contributed by atoms with Crippen LogP contribution < -0.4 is 5.32 Å². The Morgan fingerprint density at radius 2 is 2.11 bits per heavy atom. The molecule has 6 heteroatoms. The Bertz CT molecular complexity index is 484. The van der Waals surface area contributed by atoms with Gasteiger partial charge in [-0.15, -0.1) is 22.7 Å². The first-order valence-corrected chi connectivity index (χ1v) is 7.94. The number of nitrogens with zero attached hydrogens (tertiary/aromatic N) is 1. The summed E-state index contributed by atoms with van der Waals surface area (Å²) in [5.74, 6) is 0. The van der Waals surface area contributed by atoms with Crippen LogP contribution in [0.5, 0.6) is 0 Å². The van der Waals surface area contributed by atoms with Gasteiger partial charge in [0.1, 0.15) is 5.01 Å². The van der Waals surface area contributed by atoms with Gasteiger partial charge in [0.2, 0.25) is 0 Å². The SMILES string of the molecule is CCC(CO)(CO)NCc1csc(-c2cccs2)n1. The molecule has 0 saturated carbocycles. The van der Waals surface area contributed by atoms with E-state index >= 15 is 0 Å². The molecule has 0 bridgehead atoms. The van der Waals surface area contributed by atoms with Crippen molar-refractivity contribution in [3.8, 4) is 9.88 Å². The minimum atomic E-state index is -0.618. The molecule has 0 aromatic carbocycles. The van der Waals surface area contributed by atoms with Crippen LogP contribution in [0, 0.1) is 0 Å². The first-order valence-electron chi connectivity index (χ1n) is 6.18. The molecule has 2 aromatic heterocycles. The molecule has 0 aliphatic heterocycles. The molecule has 0 aliphatic rings. The molecule has 19 heavy (non-hydrogen) atoms. The van der Waals surface area contributed by atoms with Gasteiger partial charge in [-0.3, -0.25) is 0 Å². The zero-order chi connectivity index (χ0) is 13.7. The van der Waals surface area contributed by atoms with Gasteiger partial charge in [-0.1, -0.05) is 13.0 Å². The molecule has 3 N–H and O–H groups in total. The van der Waals surface area contributed by atoms with Crippen LogP contribution in [0.25, 0.3) is 9.88 Å². The molecule has 0 saturated heterocycles. The van der Waals surface area contributed by atoms with Gasteiger partial charge in [-0.2, -0.15) is 0 Å². The molecule has 2 aromatic rings. The lowest BCUT2D eigenvalue weighted by Gasteiger charge is -2.29. The summed E-state index contributed by atoms with van der Waals surface area (Å²) in [5, 5.41) is 27.0. The zero-order valence-corrected chi connectivity index (χ0v) is 12.4. The highest BCUT2D eigenvalue weighted by Crippen LogP contribution is 2.27. The van der Waals surface area contributed by atoms with Gasteiger partial charge in [-0.25, -0.2) is 4.98 Å². The Morgan fingerprint density at radius 3 is 2.68 bits per heavy atom. The first kappa shape index (κ1) is 14.6. The van der Waals surface area contributed by atoms with Crippen LogP contribution in [0.15, 0.2) is 22.9 Å². The van der Waals surface area contributed by atoms with Crippen molar-refractivity contribution in [2.24, 2.45) is 0 Å². The normalized spacial score (nSPS) is 11.9. The van der Waals surface area contributed by atoms with E-state index in [9.17, 15) is 10.2 Å². The van der Waals surface area contributed by atoms with Crippen molar-refractivity contribution in [1.29, 1.82) is 0 Å². The molecule has 0 atom stereocenters. The maximum Gasteiger partial charge on any atom is 0.133 e. The second-order valence-electron chi connectivity index (χ2n) is 4.42. The van der Waals surface area contributed by atoms with Gasteiger partial charge in [0.15, 0.2) is 0 Å². The lowest BCUT2D eigenvalue weighted by atomic mass is 9.98. The minimum absolute atomic E-state index is 0.0814. The molecule has 104 valence electrons. The van der Waals surface area contributed by atoms with Crippen LogP contribution in [0.3, 0.4) is 0 Å². The predicted octanol–water partition coefficient (Wildman–Crippen LogP) is 2.09. The highest BCUT2D eigenvalue weighted by atomic mass is 32.1. The number of thiazole rings is 1. The summed E-state index contributed by atoms with van der Waals surface area (Å²) in [7, 11) is 0. The van der Waals surface area contributed by atoms with Crippen LogP contribution in [0.4, 0.5) is 0 Å². The van der Waals surface area contributed by atoms with Crippen molar-refractivity contribution in [2.45, 2.75) is 25.4 Å². The minimum Gasteiger partial charge on any atom is -0.394 e. The lowest BCUT2D eigenvalue weighted by Crippen LogP contribution is -2.50. The summed E-state index contributed by atoms with van der Waals surface area (Å²) in [4.78, 5) is 5.73. The number of nitrogens with one attached hydrogen (secondary N) is 1. The summed E-state index contributed by atoms with van der Waals surface area (Å²) in [5.41, 5.74) is 0.320. The fourth-order valence-electron chi connectivity index (χ4n) is 1.69. The van der Waals surface area contributed by atoms with E-state index in [1.165, 1.54) is 4.88 Å². The van der Waals surface area contributed by atoms with Gasteiger partial charge < -0.3 is 15.5 Å². The molecule has 0 fully saturated rings. The molecule has 2 rings (SSSR count). The molecule has 2 heterocycles. The Hall–Kier alpha value is -0.790. The second-order valence-corrected chi connectivity index (χ2v) is 6.23. The smallest absolute Gasteiger partial charge is 0.133 e. The van der Waals surface area contributed by atoms with Crippen LogP contribution in [-0.4, -0.2) is 33.9 Å². The third-order valence-corrected chi connectivity index (χ3v) is 5.14. The van der Waals surface area contributed by atoms with E-state index in [1.807, 2.05) is 23.8 Å². The maximum atomic E-state index is 9.37. The molecule has 0 radical (unpaired) electrons. The fraction of sp³-hybridized carbons (Fsp3) is 0.462. The van der Waals surface area contributed by atoms with Crippen molar-refractivity contribution in [3.63, 3.8) is 0 Å². The van der Waals surface area contributed by atoms with Crippen LogP contribution >= 0.6 is 22.7 Å². The van der Waals surface area contributed by atoms with Gasteiger partial charge >= 0.3 is 0 Å². The Kier molecular flexibility index (Phi) is 5.06. The number of aromatic nitrogens is 1. The number of rotatable bonds is 7. The first-order chi connectivity index (χ1) is 9.23. The maximum absolute atomic E-state index is 9.37. The van der Waals surface area contributed by atoms with E-state index in [1.54, 1.807) is 22.7 Å². The molecule has 0 spiro atoms. The highest BCUT2D eigenvalue weighted by molar-refractivity contribution is 7.20. The largest absolute Gasteiger partial charge is 0.394 e. The highest BCUT2D eigenvalue weighted by Gasteiger charge is 2.25. The topological polar surface area (TPSA) is 65.4 Å². The molecule has 4 nitrogen and oxygen atoms in total. The monoisotopic (exact) mass is 298 g/mol. The summed E-state index contributed by atoms with van der Waals surface area (Å²) >= 11 is 3.29. The molecule has 0 aliphatic carbocycles. The van der Waals surface area contributed by atoms with Crippen molar-refractivity contribution in [2.75, 3.05) is 13.2 Å². The van der Waals surface area contributed by atoms with E-state index < -0.39 is 5.54 Å². The Labute approximate surface area is 120 Å². The van der Waals surface area contributed by atoms with Crippen molar-refractivity contribution in [3.05, 3.63) is 28.6 Å². The van der Waals surface area contributed by atoms with E-state index in [-0.39, 0.29) is 13.2 Å². The van der Waals surface area contributed by atoms with E-state index in [0.717, 1.165) is 10.7 Å². The summed E-state index contributed by atoms with van der Waals surface area (Å²) in [6.45, 7) is 2.33. The van der Waals surface area contributed by atoms with Crippen molar-refractivity contribution < 1.29 is 10.2 Å². The van der Waals surface area contributed by atoms with Crippen molar-refractivity contribution in [1.82, 2.24) is 10.3 Å². The van der Waals surface area contributed by atoms with Crippen molar-refractivity contribution >= 4 is 22.7 Å². The molecular formula is C13H18N2O2S2. The standard InChI is InChI=1S/C13H18N2O2S2/c1-2-13(8-16,9-17)14-6-10-7-19-12(15-10)11-4-3-5-18-11/h3-5,7,14,16-17H,2,6,8-9H2,1H3. The summed E-state index contributed by atoms with van der Waals surface area (Å²) in [6.07, 6.45) is 0.669. The average Bonchev–Trinajstić information content (AvgIpc) is 3.12. The lowest BCUT2D eigenvalue weighted by molar-refractivity contribution is 0.0862. The Morgan fingerprint density at radius 1 is 1.32 bits per heavy atom. The van der Waals surface area contributed by atoms with Gasteiger partial charge in [0, 0.05) is 11.9 Å². The predicted molar refractivity (Wildman–Crippen MR) is 79.5 cm³/mol.